The van der Waals surface area contributed by atoms with Gasteiger partial charge in [0, 0.05) is 40.8 Å². The largest absolute Gasteiger partial charge is 0.469 e. The number of furan rings is 1. The molecule has 2 spiro atoms. The second-order valence-corrected chi connectivity index (χ2v) is 22.2. The van der Waals surface area contributed by atoms with Crippen molar-refractivity contribution in [2.24, 2.45) is 57.7 Å². The highest BCUT2D eigenvalue weighted by Gasteiger charge is 2.93. The van der Waals surface area contributed by atoms with Crippen molar-refractivity contribution in [2.45, 2.75) is 146 Å². The lowest BCUT2D eigenvalue weighted by Crippen LogP contribution is -2.79. The Morgan fingerprint density at radius 2 is 1.79 bits per heavy atom. The number of carbonyl (C=O) groups excluding carboxylic acids is 3. The zero-order valence-electron chi connectivity index (χ0n) is 36.6. The van der Waals surface area contributed by atoms with Crippen LogP contribution in [0.2, 0.25) is 0 Å². The fourth-order valence-corrected chi connectivity index (χ4v) is 17.1. The Hall–Kier alpha value is -3.51. The van der Waals surface area contributed by atoms with Crippen molar-refractivity contribution in [1.29, 1.82) is 0 Å². The molecule has 332 valence electrons. The van der Waals surface area contributed by atoms with Gasteiger partial charge in [-0.3, -0.25) is 14.9 Å². The summed E-state index contributed by atoms with van der Waals surface area (Å²) in [5, 5.41) is 16.9. The van der Waals surface area contributed by atoms with Gasteiger partial charge in [0.25, 0.3) is 0 Å². The van der Waals surface area contributed by atoms with Crippen molar-refractivity contribution in [3.05, 3.63) is 71.8 Å². The molecular weight excluding hydrogens is 785 g/mol. The Kier molecular flexibility index (Phi) is 9.04. The van der Waals surface area contributed by atoms with E-state index >= 15 is 4.79 Å². The number of hydrogen-bond donors (Lipinski definition) is 2. The maximum atomic E-state index is 15.5. The van der Waals surface area contributed by atoms with E-state index in [9.17, 15) is 14.7 Å². The van der Waals surface area contributed by atoms with Crippen molar-refractivity contribution < 1.29 is 42.9 Å². The highest BCUT2D eigenvalue weighted by Crippen LogP contribution is 2.82. The van der Waals surface area contributed by atoms with E-state index in [1.54, 1.807) is 6.26 Å². The Bertz CT molecular complexity index is 2170. The van der Waals surface area contributed by atoms with Gasteiger partial charge in [0.05, 0.1) is 37.0 Å². The number of aliphatic hydroxyl groups excluding tert-OH is 1. The molecule has 0 unspecified atom stereocenters. The number of ketones is 1. The van der Waals surface area contributed by atoms with Gasteiger partial charge in [0.2, 0.25) is 0 Å². The summed E-state index contributed by atoms with van der Waals surface area (Å²) in [4.78, 5) is 45.8. The van der Waals surface area contributed by atoms with Crippen LogP contribution in [0.25, 0.3) is 0 Å². The Morgan fingerprint density at radius 1 is 0.935 bits per heavy atom. The number of aryl methyl sites for hydroxylation is 1. The first kappa shape index (κ1) is 40.0. The molecule has 11 nitrogen and oxygen atoms in total. The van der Waals surface area contributed by atoms with E-state index in [1.165, 1.54) is 24.8 Å². The number of fused-ring (bicyclic) bond motifs is 4. The minimum Gasteiger partial charge on any atom is -0.469 e. The minimum absolute atomic E-state index is 0.0568. The summed E-state index contributed by atoms with van der Waals surface area (Å²) in [5.41, 5.74) is -2.78. The fraction of sp³-hybridized carbons (Fsp3) is 0.706. The fourth-order valence-electron chi connectivity index (χ4n) is 17.1. The van der Waals surface area contributed by atoms with E-state index < -0.39 is 63.8 Å². The molecule has 2 N–H and O–H groups in total. The number of nitrogens with one attached hydrogen (secondary N) is 1. The number of esters is 2. The summed E-state index contributed by atoms with van der Waals surface area (Å²) < 4.78 is 33.0. The van der Waals surface area contributed by atoms with Crippen LogP contribution in [0.3, 0.4) is 0 Å². The number of ether oxygens (including phenoxy) is 4. The van der Waals surface area contributed by atoms with Crippen molar-refractivity contribution in [2.75, 3.05) is 19.8 Å². The molecule has 2 aromatic rings. The molecule has 4 aliphatic carbocycles. The second kappa shape index (κ2) is 14.0. The minimum atomic E-state index is -1.40. The van der Waals surface area contributed by atoms with Crippen LogP contribution < -0.4 is 5.32 Å². The first-order valence-electron chi connectivity index (χ1n) is 24.1. The van der Waals surface area contributed by atoms with E-state index in [0.29, 0.717) is 42.6 Å². The molecule has 12 rings (SSSR count). The number of cyclic esters (lactones) is 2. The van der Waals surface area contributed by atoms with E-state index in [-0.39, 0.29) is 36.6 Å². The van der Waals surface area contributed by atoms with E-state index in [4.69, 9.17) is 23.4 Å². The number of benzene rings is 1. The normalized spacial score (nSPS) is 47.2. The van der Waals surface area contributed by atoms with Crippen LogP contribution in [0, 0.1) is 57.7 Å². The topological polar surface area (TPSA) is 140 Å². The Morgan fingerprint density at radius 3 is 2.65 bits per heavy atom. The van der Waals surface area contributed by atoms with E-state index in [1.807, 2.05) is 26.0 Å². The van der Waals surface area contributed by atoms with E-state index in [2.05, 4.69) is 53.7 Å². The molecule has 10 aliphatic rings. The van der Waals surface area contributed by atoms with Crippen LogP contribution >= 0.6 is 0 Å². The zero-order valence-corrected chi connectivity index (χ0v) is 36.6. The summed E-state index contributed by atoms with van der Waals surface area (Å²) >= 11 is 0. The average molecular weight is 849 g/mol. The highest BCUT2D eigenvalue weighted by atomic mass is 16.7. The smallest absolute Gasteiger partial charge is 0.339 e. The predicted octanol–water partition coefficient (Wildman–Crippen LogP) is 6.86. The van der Waals surface area contributed by atoms with Crippen molar-refractivity contribution in [3.63, 3.8) is 0 Å². The predicted molar refractivity (Wildman–Crippen MR) is 226 cm³/mol. The third-order valence-corrected chi connectivity index (χ3v) is 19.3. The van der Waals surface area contributed by atoms with Gasteiger partial charge in [-0.15, -0.1) is 0 Å². The van der Waals surface area contributed by atoms with Gasteiger partial charge in [-0.05, 0) is 119 Å². The van der Waals surface area contributed by atoms with Crippen LogP contribution in [0.4, 0.5) is 0 Å². The van der Waals surface area contributed by atoms with Crippen LogP contribution in [0.5, 0.6) is 0 Å². The average Bonchev–Trinajstić information content (AvgIpc) is 3.50. The second-order valence-electron chi connectivity index (χ2n) is 22.2. The molecule has 62 heavy (non-hydrogen) atoms. The number of Topliss-reactive ketones (excluding diaryl/α,β-unsaturated/α-hetero) is 1. The number of carbonyl (C=O) groups is 3. The van der Waals surface area contributed by atoms with Crippen molar-refractivity contribution in [1.82, 2.24) is 10.2 Å². The summed E-state index contributed by atoms with van der Waals surface area (Å²) in [7, 11) is 0. The molecule has 11 heteroatoms. The van der Waals surface area contributed by atoms with Crippen LogP contribution in [0.1, 0.15) is 114 Å². The van der Waals surface area contributed by atoms with Gasteiger partial charge in [0.1, 0.15) is 30.2 Å². The van der Waals surface area contributed by atoms with Gasteiger partial charge in [0.15, 0.2) is 11.9 Å². The maximum absolute atomic E-state index is 15.5. The molecule has 0 bridgehead atoms. The molecular formula is C51H64N2O9. The molecule has 0 radical (unpaired) electrons. The standard InChI is InChI=1S/C51H64N2O9/c1-47(2)42-41(55)43(56)50(33-11-7-10-31(24-33)22-29-8-5-4-6-9-29)38(49(42)27-59-40(54)25-39(49)61-47)16-19-48(3)44(60-46(57)45-51(48,50)62-45)35-18-21-58-37(35)15-13-30-12-14-34-32(23-30)17-20-53-28-52-26-36(34)53/h4-6,8-9,17-18,20-21,30-34,36,38-39,42-45,52,56H,7,10-16,19,22-28H2,1-3H3/t30-,31+,32-,33+,34-,36+,38-,39+,42-,43-,44+,45-,48+,49+,50+,51-/m1/s1. The number of hydrogen-bond acceptors (Lipinski definition) is 11. The molecule has 0 amide bonds. The first-order valence-corrected chi connectivity index (χ1v) is 24.1. The highest BCUT2D eigenvalue weighted by molar-refractivity contribution is 5.92. The molecule has 16 atom stereocenters. The monoisotopic (exact) mass is 848 g/mol. The van der Waals surface area contributed by atoms with Crippen LogP contribution in [-0.2, 0) is 46.2 Å². The number of allylic oxidation sites excluding steroid dienone is 1. The van der Waals surface area contributed by atoms with E-state index in [0.717, 1.165) is 69.5 Å². The van der Waals surface area contributed by atoms with Gasteiger partial charge in [-0.1, -0.05) is 62.6 Å². The van der Waals surface area contributed by atoms with Gasteiger partial charge < -0.3 is 33.4 Å². The van der Waals surface area contributed by atoms with Crippen molar-refractivity contribution >= 4 is 17.7 Å². The molecule has 1 aromatic carbocycles. The third-order valence-electron chi connectivity index (χ3n) is 19.3. The maximum Gasteiger partial charge on any atom is 0.339 e. The summed E-state index contributed by atoms with van der Waals surface area (Å²) in [6.07, 6.45) is 14.1. The lowest BCUT2D eigenvalue weighted by molar-refractivity contribution is -0.276. The summed E-state index contributed by atoms with van der Waals surface area (Å²) in [6, 6.07) is 13.2. The van der Waals surface area contributed by atoms with Crippen LogP contribution in [-0.4, -0.2) is 83.1 Å². The summed E-state index contributed by atoms with van der Waals surface area (Å²) in [5.74, 6) is 0.910. The molecule has 1 aromatic heterocycles. The third kappa shape index (κ3) is 5.28. The SMILES string of the molecule is CC1(C)O[C@H]2CC(=O)OC[C@@]23[C@@H]1C(=O)[C@@H](O)[C@]1([C@H]2CCC[C@@H](Cc4ccccc4)C2)[C@@H]3CC[C@@]2(C)[C@H](c3ccoc3CC[C@H]3CC[C@@H]4[C@H](C=CN5CNC[C@@H]45)C3)OC(=O)[C@H]3O[C@@]312. The van der Waals surface area contributed by atoms with Crippen molar-refractivity contribution in [3.8, 4) is 0 Å². The number of epoxide rings is 1. The summed E-state index contributed by atoms with van der Waals surface area (Å²) in [6.45, 7) is 8.15. The number of nitrogens with zero attached hydrogens (tertiary/aromatic N) is 1. The number of rotatable bonds is 7. The zero-order chi connectivity index (χ0) is 42.4. The first-order chi connectivity index (χ1) is 29.9. The van der Waals surface area contributed by atoms with Gasteiger partial charge in [-0.25, -0.2) is 4.79 Å². The molecule has 7 heterocycles. The molecule has 4 saturated carbocycles. The van der Waals surface area contributed by atoms with Crippen LogP contribution in [0.15, 0.2) is 59.4 Å². The number of aliphatic hydroxyl groups is 1. The Labute approximate surface area is 365 Å². The molecule has 9 fully saturated rings. The quantitative estimate of drug-likeness (QED) is 0.223. The van der Waals surface area contributed by atoms with Gasteiger partial charge >= 0.3 is 11.9 Å². The lowest BCUT2D eigenvalue weighted by Gasteiger charge is -2.70. The lowest BCUT2D eigenvalue weighted by atomic mass is 9.32. The Balaban J connectivity index is 0.924. The molecule has 6 aliphatic heterocycles. The van der Waals surface area contributed by atoms with Gasteiger partial charge in [-0.2, -0.15) is 0 Å². The molecule has 5 saturated heterocycles.